The Balaban J connectivity index is 0.000000142. The zero-order valence-corrected chi connectivity index (χ0v) is 24.1. The van der Waals surface area contributed by atoms with Crippen molar-refractivity contribution in [2.45, 2.75) is 25.8 Å². The molecule has 1 fully saturated rings. The third-order valence-electron chi connectivity index (χ3n) is 7.15. The molecule has 8 heteroatoms. The normalized spacial score (nSPS) is 15.6. The number of H-pyrrole nitrogens is 1. The fourth-order valence-electron chi connectivity index (χ4n) is 4.88. The van der Waals surface area contributed by atoms with Crippen LogP contribution in [-0.2, 0) is 17.8 Å². The predicted octanol–water partition coefficient (Wildman–Crippen LogP) is 5.85. The molecule has 3 heterocycles. The first-order valence-electron chi connectivity index (χ1n) is 14.0. The van der Waals surface area contributed by atoms with E-state index in [9.17, 15) is 4.79 Å². The number of benzene rings is 3. The Kier molecular flexibility index (Phi) is 11.2. The molecule has 216 valence electrons. The van der Waals surface area contributed by atoms with Crippen molar-refractivity contribution < 1.29 is 19.0 Å². The Labute approximate surface area is 242 Å². The SMILES string of the molecule is CNc1ccc(-c2cn[nH]c2)cc1OC.COc1ccc2c(c1)CC(C=O)CO2.c1ccc(CN2CCCC2)cc1. The number of ether oxygens (including phenoxy) is 3. The first-order chi connectivity index (χ1) is 20.1. The number of likely N-dealkylation sites (tertiary alicyclic amines) is 1. The average molecular weight is 557 g/mol. The number of hydrogen-bond acceptors (Lipinski definition) is 7. The number of methoxy groups -OCH3 is 2. The molecular formula is C33H40N4O4. The molecule has 4 aromatic rings. The van der Waals surface area contributed by atoms with Crippen LogP contribution in [-0.4, -0.2) is 62.3 Å². The summed E-state index contributed by atoms with van der Waals surface area (Å²) in [4.78, 5) is 13.1. The van der Waals surface area contributed by atoms with Crippen molar-refractivity contribution in [2.24, 2.45) is 5.92 Å². The molecule has 1 saturated heterocycles. The van der Waals surface area contributed by atoms with Gasteiger partial charge in [0.15, 0.2) is 0 Å². The summed E-state index contributed by atoms with van der Waals surface area (Å²) >= 11 is 0. The molecule has 1 aromatic heterocycles. The van der Waals surface area contributed by atoms with Crippen molar-refractivity contribution in [1.29, 1.82) is 0 Å². The van der Waals surface area contributed by atoms with Crippen molar-refractivity contribution in [3.05, 3.63) is 90.3 Å². The van der Waals surface area contributed by atoms with Gasteiger partial charge in [-0.15, -0.1) is 0 Å². The molecule has 0 saturated carbocycles. The molecular weight excluding hydrogens is 516 g/mol. The van der Waals surface area contributed by atoms with Gasteiger partial charge >= 0.3 is 0 Å². The van der Waals surface area contributed by atoms with E-state index in [1.807, 2.05) is 49.6 Å². The quantitative estimate of drug-likeness (QED) is 0.276. The number of anilines is 1. The molecule has 0 spiro atoms. The van der Waals surface area contributed by atoms with Gasteiger partial charge in [-0.3, -0.25) is 10.00 Å². The number of fused-ring (bicyclic) bond motifs is 1. The van der Waals surface area contributed by atoms with Gasteiger partial charge in [-0.1, -0.05) is 36.4 Å². The lowest BCUT2D eigenvalue weighted by molar-refractivity contribution is -0.112. The van der Waals surface area contributed by atoms with E-state index in [4.69, 9.17) is 14.2 Å². The maximum atomic E-state index is 10.6. The summed E-state index contributed by atoms with van der Waals surface area (Å²) in [6.07, 6.45) is 8.10. The Morgan fingerprint density at radius 1 is 1.02 bits per heavy atom. The van der Waals surface area contributed by atoms with Crippen molar-refractivity contribution >= 4 is 12.0 Å². The Morgan fingerprint density at radius 2 is 1.83 bits per heavy atom. The van der Waals surface area contributed by atoms with Crippen LogP contribution >= 0.6 is 0 Å². The van der Waals surface area contributed by atoms with Gasteiger partial charge < -0.3 is 24.3 Å². The molecule has 0 radical (unpaired) electrons. The average Bonchev–Trinajstić information content (AvgIpc) is 3.76. The van der Waals surface area contributed by atoms with Crippen molar-refractivity contribution in [3.63, 3.8) is 0 Å². The molecule has 1 unspecified atom stereocenters. The summed E-state index contributed by atoms with van der Waals surface area (Å²) in [5.41, 5.74) is 5.60. The van der Waals surface area contributed by atoms with Crippen LogP contribution in [0.4, 0.5) is 5.69 Å². The highest BCUT2D eigenvalue weighted by Gasteiger charge is 2.19. The largest absolute Gasteiger partial charge is 0.497 e. The number of aromatic amines is 1. The lowest BCUT2D eigenvalue weighted by Crippen LogP contribution is -2.21. The summed E-state index contributed by atoms with van der Waals surface area (Å²) in [6.45, 7) is 4.20. The number of nitrogens with one attached hydrogen (secondary N) is 2. The highest BCUT2D eigenvalue weighted by atomic mass is 16.5. The number of nitrogens with zero attached hydrogens (tertiary/aromatic N) is 2. The minimum absolute atomic E-state index is 0.0189. The first-order valence-corrected chi connectivity index (χ1v) is 14.0. The molecule has 2 aliphatic heterocycles. The van der Waals surface area contributed by atoms with E-state index >= 15 is 0 Å². The zero-order valence-electron chi connectivity index (χ0n) is 24.1. The lowest BCUT2D eigenvalue weighted by atomic mass is 9.98. The summed E-state index contributed by atoms with van der Waals surface area (Å²) < 4.78 is 15.8. The van der Waals surface area contributed by atoms with Gasteiger partial charge in [0.1, 0.15) is 23.5 Å². The molecule has 0 amide bonds. The Hall–Kier alpha value is -4.30. The smallest absolute Gasteiger partial charge is 0.142 e. The molecule has 8 nitrogen and oxygen atoms in total. The fraction of sp³-hybridized carbons (Fsp3) is 0.333. The monoisotopic (exact) mass is 556 g/mol. The number of aldehydes is 1. The van der Waals surface area contributed by atoms with E-state index in [0.29, 0.717) is 6.61 Å². The Bertz CT molecular complexity index is 1340. The number of carbonyl (C=O) groups excluding carboxylic acids is 1. The van der Waals surface area contributed by atoms with Crippen molar-refractivity contribution in [3.8, 4) is 28.4 Å². The summed E-state index contributed by atoms with van der Waals surface area (Å²) in [5, 5.41) is 9.77. The zero-order chi connectivity index (χ0) is 28.9. The molecule has 1 atom stereocenters. The van der Waals surface area contributed by atoms with Crippen LogP contribution in [0.2, 0.25) is 0 Å². The summed E-state index contributed by atoms with van der Waals surface area (Å²) in [5.74, 6) is 2.48. The van der Waals surface area contributed by atoms with Crippen LogP contribution in [0.5, 0.6) is 17.2 Å². The van der Waals surface area contributed by atoms with Gasteiger partial charge in [-0.2, -0.15) is 5.10 Å². The number of aromatic nitrogens is 2. The lowest BCUT2D eigenvalue weighted by Gasteiger charge is -2.21. The first kappa shape index (κ1) is 29.7. The third kappa shape index (κ3) is 8.59. The second-order valence-corrected chi connectivity index (χ2v) is 10.0. The van der Waals surface area contributed by atoms with Gasteiger partial charge in [-0.25, -0.2) is 0 Å². The van der Waals surface area contributed by atoms with Gasteiger partial charge in [0, 0.05) is 25.4 Å². The molecule has 0 aliphatic carbocycles. The van der Waals surface area contributed by atoms with Crippen LogP contribution in [0.15, 0.2) is 79.1 Å². The van der Waals surface area contributed by atoms with Crippen LogP contribution in [0, 0.1) is 5.92 Å². The van der Waals surface area contributed by atoms with Crippen LogP contribution < -0.4 is 19.5 Å². The third-order valence-corrected chi connectivity index (χ3v) is 7.15. The second-order valence-electron chi connectivity index (χ2n) is 10.0. The van der Waals surface area contributed by atoms with Crippen LogP contribution in [0.3, 0.4) is 0 Å². The van der Waals surface area contributed by atoms with E-state index < -0.39 is 0 Å². The van der Waals surface area contributed by atoms with Crippen molar-refractivity contribution in [1.82, 2.24) is 15.1 Å². The van der Waals surface area contributed by atoms with Gasteiger partial charge in [0.2, 0.25) is 0 Å². The second kappa shape index (κ2) is 15.5. The minimum atomic E-state index is -0.0189. The van der Waals surface area contributed by atoms with Crippen LogP contribution in [0.25, 0.3) is 11.1 Å². The van der Waals surface area contributed by atoms with E-state index in [-0.39, 0.29) is 5.92 Å². The van der Waals surface area contributed by atoms with E-state index in [2.05, 4.69) is 50.7 Å². The minimum Gasteiger partial charge on any atom is -0.497 e. The molecule has 2 N–H and O–H groups in total. The van der Waals surface area contributed by atoms with Gasteiger partial charge in [-0.05, 0) is 79.4 Å². The molecule has 0 bridgehead atoms. The van der Waals surface area contributed by atoms with E-state index in [1.54, 1.807) is 20.4 Å². The molecule has 3 aromatic carbocycles. The van der Waals surface area contributed by atoms with Gasteiger partial charge in [0.25, 0.3) is 0 Å². The van der Waals surface area contributed by atoms with Crippen LogP contribution in [0.1, 0.15) is 24.0 Å². The molecule has 41 heavy (non-hydrogen) atoms. The summed E-state index contributed by atoms with van der Waals surface area (Å²) in [6, 6.07) is 22.4. The highest BCUT2D eigenvalue weighted by molar-refractivity contribution is 5.69. The maximum absolute atomic E-state index is 10.6. The van der Waals surface area contributed by atoms with E-state index in [0.717, 1.165) is 58.9 Å². The van der Waals surface area contributed by atoms with E-state index in [1.165, 1.54) is 31.5 Å². The standard InChI is InChI=1S/C11H13N3O.C11H15N.C11H12O3/c1-12-10-4-3-8(5-11(10)15-2)9-6-13-14-7-9;1-2-6-11(7-3-1)10-12-8-4-5-9-12;1-13-10-2-3-11-9(5-10)4-8(6-12)7-14-11/h3-7,12H,1-2H3,(H,13,14);1-3,6-7H,4-5,8-10H2;2-3,5-6,8H,4,7H2,1H3. The Morgan fingerprint density at radius 3 is 2.49 bits per heavy atom. The fourth-order valence-corrected chi connectivity index (χ4v) is 4.88. The number of hydrogen-bond donors (Lipinski definition) is 2. The maximum Gasteiger partial charge on any atom is 0.142 e. The summed E-state index contributed by atoms with van der Waals surface area (Å²) in [7, 11) is 5.16. The number of carbonyl (C=O) groups is 1. The topological polar surface area (TPSA) is 88.7 Å². The van der Waals surface area contributed by atoms with Gasteiger partial charge in [0.05, 0.1) is 38.6 Å². The van der Waals surface area contributed by atoms with Crippen molar-refractivity contribution in [2.75, 3.05) is 46.3 Å². The number of rotatable bonds is 7. The highest BCUT2D eigenvalue weighted by Crippen LogP contribution is 2.31. The predicted molar refractivity (Wildman–Crippen MR) is 163 cm³/mol. The molecule has 6 rings (SSSR count). The molecule has 2 aliphatic rings.